The third kappa shape index (κ3) is 7.36. The van der Waals surface area contributed by atoms with Crippen LogP contribution in [0.25, 0.3) is 0 Å². The van der Waals surface area contributed by atoms with Gasteiger partial charge in [0, 0.05) is 12.6 Å². The SMILES string of the molecule is COc1cc(C(C(=O)NC2CCC(C)CC2)N(Cc2ccc(F)cc2)C(=O)CCl)ccc1OC(C)C. The normalized spacial score (nSPS) is 18.4. The van der Waals surface area contributed by atoms with Gasteiger partial charge in [0.15, 0.2) is 11.5 Å². The second kappa shape index (κ2) is 12.9. The highest BCUT2D eigenvalue weighted by atomic mass is 35.5. The number of hydrogen-bond donors (Lipinski definition) is 1. The minimum Gasteiger partial charge on any atom is -0.493 e. The van der Waals surface area contributed by atoms with Gasteiger partial charge in [-0.2, -0.15) is 0 Å². The van der Waals surface area contributed by atoms with Gasteiger partial charge in [0.2, 0.25) is 11.8 Å². The summed E-state index contributed by atoms with van der Waals surface area (Å²) >= 11 is 6.00. The van der Waals surface area contributed by atoms with E-state index in [0.717, 1.165) is 25.7 Å². The molecule has 1 saturated carbocycles. The summed E-state index contributed by atoms with van der Waals surface area (Å²) < 4.78 is 24.9. The molecule has 0 saturated heterocycles. The number of methoxy groups -OCH3 is 1. The van der Waals surface area contributed by atoms with E-state index in [9.17, 15) is 14.0 Å². The van der Waals surface area contributed by atoms with Gasteiger partial charge in [0.05, 0.1) is 13.2 Å². The average molecular weight is 519 g/mol. The van der Waals surface area contributed by atoms with Crippen molar-refractivity contribution in [3.63, 3.8) is 0 Å². The van der Waals surface area contributed by atoms with E-state index >= 15 is 0 Å². The summed E-state index contributed by atoms with van der Waals surface area (Å²) in [7, 11) is 1.53. The van der Waals surface area contributed by atoms with Crippen LogP contribution in [0.4, 0.5) is 4.39 Å². The second-order valence-electron chi connectivity index (χ2n) is 9.73. The lowest BCUT2D eigenvalue weighted by atomic mass is 9.87. The van der Waals surface area contributed by atoms with E-state index in [1.807, 2.05) is 13.8 Å². The lowest BCUT2D eigenvalue weighted by Gasteiger charge is -2.34. The van der Waals surface area contributed by atoms with Crippen LogP contribution in [0.15, 0.2) is 42.5 Å². The van der Waals surface area contributed by atoms with Gasteiger partial charge < -0.3 is 19.7 Å². The van der Waals surface area contributed by atoms with Crippen molar-refractivity contribution >= 4 is 23.4 Å². The van der Waals surface area contributed by atoms with Gasteiger partial charge in [0.25, 0.3) is 0 Å². The molecule has 8 heteroatoms. The Morgan fingerprint density at radius 2 is 1.75 bits per heavy atom. The van der Waals surface area contributed by atoms with Crippen LogP contribution < -0.4 is 14.8 Å². The summed E-state index contributed by atoms with van der Waals surface area (Å²) in [6.07, 6.45) is 3.82. The van der Waals surface area contributed by atoms with Gasteiger partial charge in [-0.1, -0.05) is 25.1 Å². The Morgan fingerprint density at radius 1 is 1.08 bits per heavy atom. The van der Waals surface area contributed by atoms with Crippen LogP contribution in [0, 0.1) is 11.7 Å². The van der Waals surface area contributed by atoms with Crippen LogP contribution in [-0.4, -0.2) is 41.8 Å². The molecule has 2 aromatic rings. The van der Waals surface area contributed by atoms with Gasteiger partial charge >= 0.3 is 0 Å². The lowest BCUT2D eigenvalue weighted by molar-refractivity contribution is -0.140. The number of carbonyl (C=O) groups is 2. The molecule has 0 radical (unpaired) electrons. The largest absolute Gasteiger partial charge is 0.493 e. The molecule has 0 aromatic heterocycles. The molecule has 196 valence electrons. The van der Waals surface area contributed by atoms with Crippen molar-refractivity contribution in [3.8, 4) is 11.5 Å². The van der Waals surface area contributed by atoms with Crippen molar-refractivity contribution in [1.82, 2.24) is 10.2 Å². The molecule has 1 unspecified atom stereocenters. The van der Waals surface area contributed by atoms with Crippen LogP contribution in [0.5, 0.6) is 11.5 Å². The predicted molar refractivity (Wildman–Crippen MR) is 139 cm³/mol. The van der Waals surface area contributed by atoms with Crippen molar-refractivity contribution < 1.29 is 23.5 Å². The van der Waals surface area contributed by atoms with Crippen molar-refractivity contribution in [2.24, 2.45) is 5.92 Å². The summed E-state index contributed by atoms with van der Waals surface area (Å²) in [5.74, 6) is 0.294. The lowest BCUT2D eigenvalue weighted by Crippen LogP contribution is -2.47. The first-order chi connectivity index (χ1) is 17.2. The second-order valence-corrected chi connectivity index (χ2v) is 9.99. The van der Waals surface area contributed by atoms with Crippen molar-refractivity contribution in [1.29, 1.82) is 0 Å². The van der Waals surface area contributed by atoms with Gasteiger partial charge in [-0.25, -0.2) is 4.39 Å². The molecule has 1 atom stereocenters. The predicted octanol–water partition coefficient (Wildman–Crippen LogP) is 5.63. The van der Waals surface area contributed by atoms with Crippen LogP contribution in [-0.2, 0) is 16.1 Å². The molecule has 36 heavy (non-hydrogen) atoms. The van der Waals surface area contributed by atoms with E-state index in [1.54, 1.807) is 30.3 Å². The molecule has 0 heterocycles. The average Bonchev–Trinajstić information content (AvgIpc) is 2.86. The Bertz CT molecular complexity index is 1020. The first kappa shape index (κ1) is 27.8. The van der Waals surface area contributed by atoms with Crippen LogP contribution in [0.1, 0.15) is 63.6 Å². The monoisotopic (exact) mass is 518 g/mol. The smallest absolute Gasteiger partial charge is 0.247 e. The van der Waals surface area contributed by atoms with E-state index in [1.165, 1.54) is 24.1 Å². The highest BCUT2D eigenvalue weighted by Gasteiger charge is 2.33. The molecule has 0 aliphatic heterocycles. The fraction of sp³-hybridized carbons (Fsp3) is 0.500. The van der Waals surface area contributed by atoms with E-state index < -0.39 is 11.9 Å². The molecule has 1 aliphatic carbocycles. The highest BCUT2D eigenvalue weighted by Crippen LogP contribution is 2.34. The Balaban J connectivity index is 2.00. The Hall–Kier alpha value is -2.80. The molecular formula is C28H36ClFN2O4. The number of hydrogen-bond acceptors (Lipinski definition) is 4. The zero-order chi connectivity index (χ0) is 26.2. The number of ether oxygens (including phenoxy) is 2. The molecule has 0 spiro atoms. The van der Waals surface area contributed by atoms with Gasteiger partial charge in [-0.05, 0) is 80.8 Å². The molecular weight excluding hydrogens is 483 g/mol. The third-order valence-electron chi connectivity index (χ3n) is 6.49. The zero-order valence-corrected chi connectivity index (χ0v) is 22.2. The minimum atomic E-state index is -0.956. The maximum atomic E-state index is 13.8. The molecule has 1 N–H and O–H groups in total. The zero-order valence-electron chi connectivity index (χ0n) is 21.4. The number of carbonyl (C=O) groups excluding carboxylic acids is 2. The molecule has 2 aromatic carbocycles. The minimum absolute atomic E-state index is 0.0421. The first-order valence-electron chi connectivity index (χ1n) is 12.5. The van der Waals surface area contributed by atoms with Crippen molar-refractivity contribution in [3.05, 3.63) is 59.4 Å². The van der Waals surface area contributed by atoms with Crippen LogP contribution in [0.2, 0.25) is 0 Å². The Labute approximate surface area is 218 Å². The van der Waals surface area contributed by atoms with E-state index in [2.05, 4.69) is 12.2 Å². The van der Waals surface area contributed by atoms with Crippen LogP contribution >= 0.6 is 11.6 Å². The molecule has 0 bridgehead atoms. The van der Waals surface area contributed by atoms with E-state index in [-0.39, 0.29) is 36.3 Å². The summed E-state index contributed by atoms with van der Waals surface area (Å²) in [4.78, 5) is 28.3. The number of nitrogens with one attached hydrogen (secondary N) is 1. The van der Waals surface area contributed by atoms with Crippen molar-refractivity contribution in [2.75, 3.05) is 13.0 Å². The van der Waals surface area contributed by atoms with Gasteiger partial charge in [-0.15, -0.1) is 11.6 Å². The first-order valence-corrected chi connectivity index (χ1v) is 13.0. The maximum absolute atomic E-state index is 13.8. The Kier molecular flexibility index (Phi) is 9.99. The fourth-order valence-electron chi connectivity index (χ4n) is 4.55. The maximum Gasteiger partial charge on any atom is 0.247 e. The summed E-state index contributed by atoms with van der Waals surface area (Å²) in [5, 5.41) is 3.17. The summed E-state index contributed by atoms with van der Waals surface area (Å²) in [6, 6.07) is 10.2. The Morgan fingerprint density at radius 3 is 2.33 bits per heavy atom. The van der Waals surface area contributed by atoms with Crippen LogP contribution in [0.3, 0.4) is 0 Å². The summed E-state index contributed by atoms with van der Waals surface area (Å²) in [5.41, 5.74) is 1.26. The highest BCUT2D eigenvalue weighted by molar-refractivity contribution is 6.27. The van der Waals surface area contributed by atoms with Gasteiger partial charge in [-0.3, -0.25) is 9.59 Å². The standard InChI is InChI=1S/C28H36ClFN2O4/c1-18(2)36-24-14-9-21(15-25(24)35-4)27(28(34)31-23-12-5-19(3)6-13-23)32(26(33)16-29)17-20-7-10-22(30)11-8-20/h7-11,14-15,18-19,23,27H,5-6,12-13,16-17H2,1-4H3,(H,31,34). The van der Waals surface area contributed by atoms with E-state index in [0.29, 0.717) is 28.5 Å². The molecule has 3 rings (SSSR count). The third-order valence-corrected chi connectivity index (χ3v) is 6.72. The molecule has 1 fully saturated rings. The fourth-order valence-corrected chi connectivity index (χ4v) is 4.70. The number of benzene rings is 2. The topological polar surface area (TPSA) is 67.9 Å². The number of rotatable bonds is 10. The quantitative estimate of drug-likeness (QED) is 0.414. The van der Waals surface area contributed by atoms with E-state index in [4.69, 9.17) is 21.1 Å². The number of nitrogens with zero attached hydrogens (tertiary/aromatic N) is 1. The van der Waals surface area contributed by atoms with Crippen molar-refractivity contribution in [2.45, 2.75) is 71.2 Å². The molecule has 1 aliphatic rings. The van der Waals surface area contributed by atoms with Gasteiger partial charge in [0.1, 0.15) is 17.7 Å². The number of alkyl halides is 1. The molecule has 6 nitrogen and oxygen atoms in total. The summed E-state index contributed by atoms with van der Waals surface area (Å²) in [6.45, 7) is 6.14. The number of amides is 2. The molecule has 2 amide bonds. The number of halogens is 2.